The fraction of sp³-hybridized carbons (Fsp3) is 0.471. The van der Waals surface area contributed by atoms with E-state index in [0.717, 1.165) is 19.0 Å². The molecule has 0 unspecified atom stereocenters. The lowest BCUT2D eigenvalue weighted by atomic mass is 10.1. The normalized spacial score (nSPS) is 14.9. The molecule has 1 fully saturated rings. The zero-order valence-corrected chi connectivity index (χ0v) is 14.9. The summed E-state index contributed by atoms with van der Waals surface area (Å²) < 4.78 is 1.17. The third-order valence-electron chi connectivity index (χ3n) is 3.75. The molecule has 0 radical (unpaired) electrons. The Morgan fingerprint density at radius 3 is 2.76 bits per heavy atom. The van der Waals surface area contributed by atoms with E-state index in [1.165, 1.54) is 38.5 Å². The maximum absolute atomic E-state index is 4.90. The van der Waals surface area contributed by atoms with Gasteiger partial charge in [-0.15, -0.1) is 11.3 Å². The van der Waals surface area contributed by atoms with E-state index in [0.29, 0.717) is 5.92 Å². The maximum Gasteiger partial charge on any atom is 0.0975 e. The lowest BCUT2D eigenvalue weighted by Gasteiger charge is -2.05. The van der Waals surface area contributed by atoms with Gasteiger partial charge in [-0.3, -0.25) is 0 Å². The van der Waals surface area contributed by atoms with Gasteiger partial charge in [0.15, 0.2) is 0 Å². The van der Waals surface area contributed by atoms with Crippen LogP contribution in [0.25, 0.3) is 0 Å². The molecule has 1 saturated carbocycles. The van der Waals surface area contributed by atoms with E-state index >= 15 is 0 Å². The summed E-state index contributed by atoms with van der Waals surface area (Å²) >= 11 is 5.50. The first-order valence-electron chi connectivity index (χ1n) is 7.58. The average Bonchev–Trinajstić information content (AvgIpc) is 3.19. The van der Waals surface area contributed by atoms with Crippen LogP contribution < -0.4 is 5.32 Å². The zero-order chi connectivity index (χ0) is 14.8. The number of rotatable bonds is 6. The van der Waals surface area contributed by atoms with Gasteiger partial charge >= 0.3 is 0 Å². The second kappa shape index (κ2) is 6.59. The highest BCUT2D eigenvalue weighted by molar-refractivity contribution is 9.10. The van der Waals surface area contributed by atoms with Crippen LogP contribution in [0.15, 0.2) is 28.7 Å². The smallest absolute Gasteiger partial charge is 0.0975 e. The van der Waals surface area contributed by atoms with Crippen molar-refractivity contribution in [3.63, 3.8) is 0 Å². The molecule has 0 atom stereocenters. The number of aromatic nitrogens is 1. The van der Waals surface area contributed by atoms with Crippen LogP contribution in [-0.2, 0) is 13.0 Å². The largest absolute Gasteiger partial charge is 0.309 e. The topological polar surface area (TPSA) is 24.9 Å². The Balaban J connectivity index is 1.78. The molecule has 1 aliphatic carbocycles. The molecule has 1 N–H and O–H groups in total. The Labute approximate surface area is 139 Å². The van der Waals surface area contributed by atoms with Crippen molar-refractivity contribution in [2.75, 3.05) is 0 Å². The van der Waals surface area contributed by atoms with Crippen LogP contribution in [-0.4, -0.2) is 11.0 Å². The van der Waals surface area contributed by atoms with Crippen LogP contribution in [0.5, 0.6) is 0 Å². The minimum atomic E-state index is 0.491. The van der Waals surface area contributed by atoms with Gasteiger partial charge in [0.05, 0.1) is 10.7 Å². The van der Waals surface area contributed by atoms with Gasteiger partial charge in [-0.05, 0) is 30.4 Å². The minimum absolute atomic E-state index is 0.491. The van der Waals surface area contributed by atoms with Crippen molar-refractivity contribution in [3.05, 3.63) is 49.9 Å². The molecule has 3 rings (SSSR count). The Kier molecular flexibility index (Phi) is 4.77. The molecule has 0 spiro atoms. The standard InChI is InChI=1S/C17H21BrN2S/c1-11(2)17-15(10-19-13-7-8-13)21-16(20-17)9-12-5-3-4-6-14(12)18/h3-6,11,13,19H,7-10H2,1-2H3. The second-order valence-corrected chi connectivity index (χ2v) is 8.02. The van der Waals surface area contributed by atoms with E-state index < -0.39 is 0 Å². The number of thiazole rings is 1. The van der Waals surface area contributed by atoms with E-state index in [-0.39, 0.29) is 0 Å². The summed E-state index contributed by atoms with van der Waals surface area (Å²) in [5.41, 5.74) is 2.58. The zero-order valence-electron chi connectivity index (χ0n) is 12.5. The van der Waals surface area contributed by atoms with Crippen LogP contribution in [0.3, 0.4) is 0 Å². The second-order valence-electron chi connectivity index (χ2n) is 5.99. The maximum atomic E-state index is 4.90. The SMILES string of the molecule is CC(C)c1nc(Cc2ccccc2Br)sc1CNC1CC1. The molecule has 4 heteroatoms. The molecule has 2 nitrogen and oxygen atoms in total. The first-order chi connectivity index (χ1) is 10.1. The number of hydrogen-bond donors (Lipinski definition) is 1. The number of nitrogens with one attached hydrogen (secondary N) is 1. The lowest BCUT2D eigenvalue weighted by molar-refractivity contribution is 0.680. The van der Waals surface area contributed by atoms with Crippen LogP contribution in [0, 0.1) is 0 Å². The van der Waals surface area contributed by atoms with Gasteiger partial charge in [-0.1, -0.05) is 48.0 Å². The fourth-order valence-electron chi connectivity index (χ4n) is 2.40. The van der Waals surface area contributed by atoms with Crippen LogP contribution in [0.2, 0.25) is 0 Å². The molecular weight excluding hydrogens is 344 g/mol. The van der Waals surface area contributed by atoms with Crippen molar-refractivity contribution in [1.82, 2.24) is 10.3 Å². The summed E-state index contributed by atoms with van der Waals surface area (Å²) in [5, 5.41) is 4.84. The van der Waals surface area contributed by atoms with E-state index in [2.05, 4.69) is 59.4 Å². The highest BCUT2D eigenvalue weighted by Gasteiger charge is 2.22. The van der Waals surface area contributed by atoms with Gasteiger partial charge in [0.1, 0.15) is 0 Å². The van der Waals surface area contributed by atoms with E-state index in [9.17, 15) is 0 Å². The van der Waals surface area contributed by atoms with E-state index in [1.54, 1.807) is 0 Å². The van der Waals surface area contributed by atoms with Crippen molar-refractivity contribution in [2.24, 2.45) is 0 Å². The molecule has 0 saturated heterocycles. The number of halogens is 1. The third-order valence-corrected chi connectivity index (χ3v) is 5.59. The molecule has 0 amide bonds. The monoisotopic (exact) mass is 364 g/mol. The summed E-state index contributed by atoms with van der Waals surface area (Å²) in [7, 11) is 0. The first kappa shape index (κ1) is 15.2. The van der Waals surface area contributed by atoms with Crippen molar-refractivity contribution >= 4 is 27.3 Å². The quantitative estimate of drug-likeness (QED) is 0.790. The van der Waals surface area contributed by atoms with Crippen LogP contribution in [0.1, 0.15) is 53.7 Å². The number of nitrogens with zero attached hydrogens (tertiary/aromatic N) is 1. The molecule has 1 aliphatic rings. The molecule has 1 aromatic carbocycles. The van der Waals surface area contributed by atoms with Gasteiger partial charge in [0, 0.05) is 28.4 Å². The van der Waals surface area contributed by atoms with Crippen molar-refractivity contribution in [3.8, 4) is 0 Å². The molecular formula is C17H21BrN2S. The summed E-state index contributed by atoms with van der Waals surface area (Å²) in [6, 6.07) is 9.16. The highest BCUT2D eigenvalue weighted by atomic mass is 79.9. The molecule has 2 aromatic rings. The van der Waals surface area contributed by atoms with Crippen molar-refractivity contribution in [1.29, 1.82) is 0 Å². The Bertz CT molecular complexity index is 617. The average molecular weight is 365 g/mol. The van der Waals surface area contributed by atoms with Gasteiger partial charge in [0.2, 0.25) is 0 Å². The molecule has 0 bridgehead atoms. The Morgan fingerprint density at radius 1 is 1.33 bits per heavy atom. The predicted molar refractivity (Wildman–Crippen MR) is 93.0 cm³/mol. The van der Waals surface area contributed by atoms with Gasteiger partial charge in [-0.2, -0.15) is 0 Å². The molecule has 0 aliphatic heterocycles. The summed E-state index contributed by atoms with van der Waals surface area (Å²) in [6.45, 7) is 5.45. The summed E-state index contributed by atoms with van der Waals surface area (Å²) in [4.78, 5) is 6.32. The van der Waals surface area contributed by atoms with Gasteiger partial charge < -0.3 is 5.32 Å². The first-order valence-corrected chi connectivity index (χ1v) is 9.19. The summed E-state index contributed by atoms with van der Waals surface area (Å²) in [6.07, 6.45) is 3.58. The Morgan fingerprint density at radius 2 is 2.10 bits per heavy atom. The number of hydrogen-bond acceptors (Lipinski definition) is 3. The fourth-order valence-corrected chi connectivity index (χ4v) is 4.02. The van der Waals surface area contributed by atoms with Gasteiger partial charge in [-0.25, -0.2) is 4.98 Å². The van der Waals surface area contributed by atoms with E-state index in [4.69, 9.17) is 4.98 Å². The van der Waals surface area contributed by atoms with Crippen LogP contribution >= 0.6 is 27.3 Å². The summed E-state index contributed by atoms with van der Waals surface area (Å²) in [5.74, 6) is 0.491. The van der Waals surface area contributed by atoms with E-state index in [1.807, 2.05) is 11.3 Å². The van der Waals surface area contributed by atoms with Crippen molar-refractivity contribution in [2.45, 2.75) is 51.6 Å². The van der Waals surface area contributed by atoms with Gasteiger partial charge in [0.25, 0.3) is 0 Å². The predicted octanol–water partition coefficient (Wildman–Crippen LogP) is 4.87. The highest BCUT2D eigenvalue weighted by Crippen LogP contribution is 2.29. The minimum Gasteiger partial charge on any atom is -0.309 e. The Hall–Kier alpha value is -0.710. The molecule has 1 aromatic heterocycles. The molecule has 112 valence electrons. The third kappa shape index (κ3) is 3.93. The number of benzene rings is 1. The molecule has 21 heavy (non-hydrogen) atoms. The van der Waals surface area contributed by atoms with Crippen molar-refractivity contribution < 1.29 is 0 Å². The lowest BCUT2D eigenvalue weighted by Crippen LogP contribution is -2.15. The van der Waals surface area contributed by atoms with Crippen LogP contribution in [0.4, 0.5) is 0 Å². The molecule has 1 heterocycles.